The summed E-state index contributed by atoms with van der Waals surface area (Å²) in [5.41, 5.74) is -1.28. The molecule has 6 heteroatoms. The van der Waals surface area contributed by atoms with Crippen molar-refractivity contribution in [3.05, 3.63) is 28.8 Å². The second-order valence-corrected chi connectivity index (χ2v) is 3.01. The van der Waals surface area contributed by atoms with Crippen LogP contribution in [0.25, 0.3) is 0 Å². The van der Waals surface area contributed by atoms with E-state index in [-0.39, 0.29) is 17.3 Å². The molecule has 0 atom stereocenters. The van der Waals surface area contributed by atoms with Crippen LogP contribution >= 0.6 is 15.9 Å². The third-order valence-electron chi connectivity index (χ3n) is 1.56. The smallest absolute Gasteiger partial charge is 0.268 e. The number of pyridine rings is 1. The number of hydrogen-bond acceptors (Lipinski definition) is 2. The summed E-state index contributed by atoms with van der Waals surface area (Å²) < 4.78 is 37.6. The summed E-state index contributed by atoms with van der Waals surface area (Å²) in [7, 11) is 0. The summed E-state index contributed by atoms with van der Waals surface area (Å²) in [6.07, 6.45) is -2.91. The molecule has 1 aromatic heterocycles. The van der Waals surface area contributed by atoms with E-state index in [9.17, 15) is 18.0 Å². The molecule has 0 aromatic carbocycles. The van der Waals surface area contributed by atoms with E-state index in [0.29, 0.717) is 0 Å². The Kier molecular flexibility index (Phi) is 3.62. The molecular weight excluding hydrogens is 263 g/mol. The average Bonchev–Trinajstić information content (AvgIpc) is 2.15. The van der Waals surface area contributed by atoms with Crippen molar-refractivity contribution in [1.82, 2.24) is 4.98 Å². The average molecular weight is 268 g/mol. The monoisotopic (exact) mass is 267 g/mol. The quantitative estimate of drug-likeness (QED) is 0.623. The fourth-order valence-electron chi connectivity index (χ4n) is 0.968. The molecule has 0 amide bonds. The van der Waals surface area contributed by atoms with Crippen molar-refractivity contribution in [2.24, 2.45) is 0 Å². The second-order valence-electron chi connectivity index (χ2n) is 2.45. The van der Waals surface area contributed by atoms with Crippen LogP contribution in [0.5, 0.6) is 0 Å². The fourth-order valence-corrected chi connectivity index (χ4v) is 1.26. The normalized spacial score (nSPS) is 10.6. The van der Waals surface area contributed by atoms with E-state index in [1.54, 1.807) is 0 Å². The third kappa shape index (κ3) is 2.12. The van der Waals surface area contributed by atoms with Gasteiger partial charge >= 0.3 is 0 Å². The van der Waals surface area contributed by atoms with Crippen LogP contribution in [0.15, 0.2) is 6.07 Å². The first-order valence-corrected chi connectivity index (χ1v) is 4.71. The number of aldehydes is 1. The van der Waals surface area contributed by atoms with Gasteiger partial charge in [0.05, 0.1) is 11.3 Å². The molecule has 0 aliphatic heterocycles. The molecule has 0 saturated heterocycles. The maximum atomic E-state index is 13.0. The largest absolute Gasteiger partial charge is 0.296 e. The minimum Gasteiger partial charge on any atom is -0.296 e. The van der Waals surface area contributed by atoms with Crippen LogP contribution in [0.1, 0.15) is 28.2 Å². The zero-order valence-electron chi connectivity index (χ0n) is 6.81. The molecule has 0 radical (unpaired) electrons. The molecule has 0 spiro atoms. The maximum absolute atomic E-state index is 13.0. The lowest BCUT2D eigenvalue weighted by atomic mass is 10.2. The maximum Gasteiger partial charge on any atom is 0.268 e. The number of rotatable bonds is 3. The van der Waals surface area contributed by atoms with Gasteiger partial charge in [-0.2, -0.15) is 0 Å². The Morgan fingerprint density at radius 2 is 2.21 bits per heavy atom. The van der Waals surface area contributed by atoms with Crippen LogP contribution in [-0.2, 0) is 5.33 Å². The highest BCUT2D eigenvalue weighted by Gasteiger charge is 2.20. The van der Waals surface area contributed by atoms with E-state index in [1.165, 1.54) is 0 Å². The molecule has 1 aromatic rings. The first kappa shape index (κ1) is 11.2. The Bertz CT molecular complexity index is 357. The number of hydrogen-bond donors (Lipinski definition) is 0. The number of carbonyl (C=O) groups excluding carboxylic acids is 1. The van der Waals surface area contributed by atoms with Gasteiger partial charge in [-0.15, -0.1) is 0 Å². The van der Waals surface area contributed by atoms with Gasteiger partial charge in [0.15, 0.2) is 6.29 Å². The lowest BCUT2D eigenvalue weighted by Crippen LogP contribution is -2.03. The van der Waals surface area contributed by atoms with Gasteiger partial charge in [0.2, 0.25) is 0 Å². The summed E-state index contributed by atoms with van der Waals surface area (Å²) in [6, 6.07) is 0.878. The van der Waals surface area contributed by atoms with Crippen LogP contribution in [-0.4, -0.2) is 11.3 Å². The fraction of sp³-hybridized carbons (Fsp3) is 0.250. The SMILES string of the molecule is O=Cc1nc(CBr)cc(F)c1C(F)F. The van der Waals surface area contributed by atoms with Crippen LogP contribution in [0, 0.1) is 5.82 Å². The lowest BCUT2D eigenvalue weighted by molar-refractivity contribution is 0.109. The minimum absolute atomic E-state index is 0.122. The summed E-state index contributed by atoms with van der Waals surface area (Å²) in [6.45, 7) is 0. The molecule has 0 N–H and O–H groups in total. The zero-order chi connectivity index (χ0) is 10.7. The molecule has 1 heterocycles. The summed E-state index contributed by atoms with van der Waals surface area (Å²) in [5.74, 6) is -1.11. The van der Waals surface area contributed by atoms with Gasteiger partial charge in [0, 0.05) is 5.33 Å². The van der Waals surface area contributed by atoms with E-state index >= 15 is 0 Å². The van der Waals surface area contributed by atoms with Crippen LogP contribution < -0.4 is 0 Å². The lowest BCUT2D eigenvalue weighted by Gasteiger charge is -2.05. The molecule has 0 fully saturated rings. The van der Waals surface area contributed by atoms with E-state index < -0.39 is 23.5 Å². The molecule has 0 aliphatic rings. The Morgan fingerprint density at radius 1 is 1.57 bits per heavy atom. The number of nitrogens with zero attached hydrogens (tertiary/aromatic N) is 1. The molecule has 1 rings (SSSR count). The molecule has 2 nitrogen and oxygen atoms in total. The van der Waals surface area contributed by atoms with Crippen molar-refractivity contribution in [2.45, 2.75) is 11.8 Å². The van der Waals surface area contributed by atoms with Gasteiger partial charge in [-0.25, -0.2) is 18.2 Å². The second kappa shape index (κ2) is 4.54. The highest BCUT2D eigenvalue weighted by atomic mass is 79.9. The number of halogens is 4. The molecular formula is C8H5BrF3NO. The topological polar surface area (TPSA) is 30.0 Å². The third-order valence-corrected chi connectivity index (χ3v) is 2.13. The zero-order valence-corrected chi connectivity index (χ0v) is 8.39. The highest BCUT2D eigenvalue weighted by Crippen LogP contribution is 2.25. The van der Waals surface area contributed by atoms with E-state index in [2.05, 4.69) is 20.9 Å². The Labute approximate surface area is 86.3 Å². The van der Waals surface area contributed by atoms with E-state index in [1.807, 2.05) is 0 Å². The van der Waals surface area contributed by atoms with Gasteiger partial charge in [0.1, 0.15) is 11.5 Å². The number of carbonyl (C=O) groups is 1. The first-order chi connectivity index (χ1) is 6.60. The Morgan fingerprint density at radius 3 is 2.64 bits per heavy atom. The molecule has 0 bridgehead atoms. The standard InChI is InChI=1S/C8H5BrF3NO/c9-2-4-1-5(10)7(8(11)12)6(3-14)13-4/h1,3,8H,2H2. The molecule has 0 aliphatic carbocycles. The van der Waals surface area contributed by atoms with Crippen LogP contribution in [0.4, 0.5) is 13.2 Å². The van der Waals surface area contributed by atoms with Gasteiger partial charge in [-0.1, -0.05) is 15.9 Å². The van der Waals surface area contributed by atoms with Crippen molar-refractivity contribution < 1.29 is 18.0 Å². The molecule has 0 unspecified atom stereocenters. The van der Waals surface area contributed by atoms with Crippen molar-refractivity contribution >= 4 is 22.2 Å². The van der Waals surface area contributed by atoms with Crippen LogP contribution in [0.3, 0.4) is 0 Å². The molecule has 0 saturated carbocycles. The van der Waals surface area contributed by atoms with Gasteiger partial charge in [-0.3, -0.25) is 4.79 Å². The van der Waals surface area contributed by atoms with Crippen LogP contribution in [0.2, 0.25) is 0 Å². The summed E-state index contributed by atoms with van der Waals surface area (Å²) >= 11 is 2.98. The van der Waals surface area contributed by atoms with Crippen molar-refractivity contribution in [1.29, 1.82) is 0 Å². The predicted octanol–water partition coefficient (Wildman–Crippen LogP) is 2.87. The number of alkyl halides is 3. The van der Waals surface area contributed by atoms with Crippen molar-refractivity contribution in [3.8, 4) is 0 Å². The summed E-state index contributed by atoms with van der Waals surface area (Å²) in [4.78, 5) is 13.9. The number of aromatic nitrogens is 1. The first-order valence-electron chi connectivity index (χ1n) is 3.58. The Hall–Kier alpha value is -0.910. The van der Waals surface area contributed by atoms with Crippen molar-refractivity contribution in [2.75, 3.05) is 0 Å². The van der Waals surface area contributed by atoms with E-state index in [0.717, 1.165) is 6.07 Å². The van der Waals surface area contributed by atoms with Gasteiger partial charge < -0.3 is 0 Å². The summed E-state index contributed by atoms with van der Waals surface area (Å²) in [5, 5.41) is 0.203. The Balaban J connectivity index is 3.34. The minimum atomic E-state index is -3.04. The predicted molar refractivity (Wildman–Crippen MR) is 47.2 cm³/mol. The van der Waals surface area contributed by atoms with Gasteiger partial charge in [-0.05, 0) is 6.07 Å². The molecule has 76 valence electrons. The van der Waals surface area contributed by atoms with E-state index in [4.69, 9.17) is 0 Å². The van der Waals surface area contributed by atoms with Crippen molar-refractivity contribution in [3.63, 3.8) is 0 Å². The highest BCUT2D eigenvalue weighted by molar-refractivity contribution is 9.08. The molecule has 14 heavy (non-hydrogen) atoms. The van der Waals surface area contributed by atoms with Gasteiger partial charge in [0.25, 0.3) is 6.43 Å².